The summed E-state index contributed by atoms with van der Waals surface area (Å²) in [5, 5.41) is 12.7. The van der Waals surface area contributed by atoms with Gasteiger partial charge in [0.1, 0.15) is 0 Å². The zero-order valence-corrected chi connectivity index (χ0v) is 13.1. The van der Waals surface area contributed by atoms with Gasteiger partial charge < -0.3 is 15.3 Å². The van der Waals surface area contributed by atoms with Crippen LogP contribution in [0.15, 0.2) is 18.2 Å². The Morgan fingerprint density at radius 3 is 3.00 bits per heavy atom. The molecule has 1 aromatic carbocycles. The summed E-state index contributed by atoms with van der Waals surface area (Å²) in [6, 6.07) is 5.98. The van der Waals surface area contributed by atoms with Crippen molar-refractivity contribution in [2.45, 2.75) is 33.1 Å². The van der Waals surface area contributed by atoms with Gasteiger partial charge in [0.2, 0.25) is 0 Å². The van der Waals surface area contributed by atoms with Gasteiger partial charge in [0.05, 0.1) is 5.56 Å². The average Bonchev–Trinajstić information content (AvgIpc) is 2.53. The smallest absolute Gasteiger partial charge is 0.255 e. The molecule has 4 heteroatoms. The molecule has 1 aliphatic rings. The van der Waals surface area contributed by atoms with Crippen LogP contribution in [0.25, 0.3) is 0 Å². The summed E-state index contributed by atoms with van der Waals surface area (Å²) in [7, 11) is 0. The van der Waals surface area contributed by atoms with E-state index in [-0.39, 0.29) is 18.4 Å². The number of amides is 1. The summed E-state index contributed by atoms with van der Waals surface area (Å²) in [5.41, 5.74) is 2.76. The third-order valence-electron chi connectivity index (χ3n) is 4.04. The van der Waals surface area contributed by atoms with Crippen LogP contribution in [0.4, 0.5) is 5.69 Å². The zero-order valence-electron chi connectivity index (χ0n) is 13.1. The van der Waals surface area contributed by atoms with Crippen molar-refractivity contribution in [3.8, 4) is 0 Å². The molecule has 1 atom stereocenters. The molecule has 0 aromatic heterocycles. The quantitative estimate of drug-likeness (QED) is 0.876. The molecule has 4 nitrogen and oxygen atoms in total. The van der Waals surface area contributed by atoms with E-state index in [1.165, 1.54) is 0 Å². The van der Waals surface area contributed by atoms with E-state index in [1.807, 2.05) is 30.0 Å². The molecule has 0 bridgehead atoms. The van der Waals surface area contributed by atoms with E-state index in [2.05, 4.69) is 12.2 Å². The fraction of sp³-hybridized carbons (Fsp3) is 0.588. The number of nitrogens with zero attached hydrogens (tertiary/aromatic N) is 1. The van der Waals surface area contributed by atoms with Crippen molar-refractivity contribution in [1.29, 1.82) is 0 Å². The highest BCUT2D eigenvalue weighted by Gasteiger charge is 2.25. The lowest BCUT2D eigenvalue weighted by Crippen LogP contribution is -2.41. The van der Waals surface area contributed by atoms with Gasteiger partial charge in [-0.15, -0.1) is 0 Å². The molecule has 0 saturated carbocycles. The number of aliphatic hydroxyl groups excluding tert-OH is 1. The number of carbonyl (C=O) groups excluding carboxylic acids is 1. The zero-order chi connectivity index (χ0) is 15.2. The number of hydrogen-bond acceptors (Lipinski definition) is 3. The molecular weight excluding hydrogens is 264 g/mol. The van der Waals surface area contributed by atoms with Crippen molar-refractivity contribution in [3.63, 3.8) is 0 Å². The molecule has 1 aromatic rings. The molecule has 0 radical (unpaired) electrons. The molecule has 1 heterocycles. The minimum atomic E-state index is 0.0791. The predicted molar refractivity (Wildman–Crippen MR) is 85.7 cm³/mol. The van der Waals surface area contributed by atoms with Gasteiger partial charge in [-0.25, -0.2) is 0 Å². The lowest BCUT2D eigenvalue weighted by Gasteiger charge is -2.32. The molecule has 1 saturated heterocycles. The summed E-state index contributed by atoms with van der Waals surface area (Å²) < 4.78 is 0. The van der Waals surface area contributed by atoms with E-state index in [0.717, 1.165) is 49.2 Å². The lowest BCUT2D eigenvalue weighted by molar-refractivity contribution is 0.0621. The van der Waals surface area contributed by atoms with Crippen molar-refractivity contribution < 1.29 is 9.90 Å². The van der Waals surface area contributed by atoms with Crippen LogP contribution < -0.4 is 5.32 Å². The number of aliphatic hydroxyl groups is 1. The maximum atomic E-state index is 12.8. The van der Waals surface area contributed by atoms with Crippen molar-refractivity contribution >= 4 is 11.6 Å². The van der Waals surface area contributed by atoms with Gasteiger partial charge in [-0.05, 0) is 44.2 Å². The van der Waals surface area contributed by atoms with Gasteiger partial charge >= 0.3 is 0 Å². The molecular formula is C17H26N2O2. The van der Waals surface area contributed by atoms with E-state index in [9.17, 15) is 9.90 Å². The average molecular weight is 290 g/mol. The van der Waals surface area contributed by atoms with E-state index in [1.54, 1.807) is 0 Å². The van der Waals surface area contributed by atoms with Crippen LogP contribution in [0.3, 0.4) is 0 Å². The second-order valence-electron chi connectivity index (χ2n) is 5.92. The molecule has 1 unspecified atom stereocenters. The lowest BCUT2D eigenvalue weighted by atomic mass is 9.98. The van der Waals surface area contributed by atoms with Crippen LogP contribution in [0, 0.1) is 12.8 Å². The van der Waals surface area contributed by atoms with Crippen LogP contribution in [-0.2, 0) is 0 Å². The van der Waals surface area contributed by atoms with Crippen molar-refractivity contribution in [2.75, 3.05) is 31.6 Å². The number of rotatable bonds is 5. The molecule has 116 valence electrons. The van der Waals surface area contributed by atoms with Gasteiger partial charge in [-0.2, -0.15) is 0 Å². The van der Waals surface area contributed by atoms with Crippen LogP contribution >= 0.6 is 0 Å². The van der Waals surface area contributed by atoms with Crippen LogP contribution in [0.5, 0.6) is 0 Å². The molecule has 1 fully saturated rings. The molecule has 21 heavy (non-hydrogen) atoms. The van der Waals surface area contributed by atoms with Gasteiger partial charge in [0.15, 0.2) is 0 Å². The van der Waals surface area contributed by atoms with Crippen molar-refractivity contribution in [3.05, 3.63) is 29.3 Å². The van der Waals surface area contributed by atoms with Crippen molar-refractivity contribution in [1.82, 2.24) is 4.90 Å². The van der Waals surface area contributed by atoms with Gasteiger partial charge in [0, 0.05) is 31.9 Å². The SMILES string of the molecule is CCCNc1ccc(C)cc1C(=O)N1CCCC(CO)C1. The standard InChI is InChI=1S/C17H26N2O2/c1-3-8-18-16-7-6-13(2)10-15(16)17(21)19-9-4-5-14(11-19)12-20/h6-7,10,14,18,20H,3-5,8-9,11-12H2,1-2H3. The van der Waals surface area contributed by atoms with E-state index < -0.39 is 0 Å². The van der Waals surface area contributed by atoms with E-state index in [0.29, 0.717) is 6.54 Å². The van der Waals surface area contributed by atoms with Gasteiger partial charge in [-0.1, -0.05) is 18.6 Å². The van der Waals surface area contributed by atoms with Crippen LogP contribution in [0.2, 0.25) is 0 Å². The summed E-state index contributed by atoms with van der Waals surface area (Å²) in [4.78, 5) is 14.7. The molecule has 1 aliphatic heterocycles. The minimum absolute atomic E-state index is 0.0791. The molecule has 0 spiro atoms. The number of aryl methyl sites for hydroxylation is 1. The number of benzene rings is 1. The first-order valence-corrected chi connectivity index (χ1v) is 7.90. The maximum Gasteiger partial charge on any atom is 0.255 e. The Morgan fingerprint density at radius 2 is 2.29 bits per heavy atom. The molecule has 2 rings (SSSR count). The van der Waals surface area contributed by atoms with E-state index in [4.69, 9.17) is 0 Å². The Hall–Kier alpha value is -1.55. The third kappa shape index (κ3) is 3.97. The first kappa shape index (κ1) is 15.8. The third-order valence-corrected chi connectivity index (χ3v) is 4.04. The largest absolute Gasteiger partial charge is 0.396 e. The second kappa shape index (κ2) is 7.46. The summed E-state index contributed by atoms with van der Waals surface area (Å²) in [6.45, 7) is 6.60. The normalized spacial score (nSPS) is 18.6. The maximum absolute atomic E-state index is 12.8. The number of hydrogen-bond donors (Lipinski definition) is 2. The summed E-state index contributed by atoms with van der Waals surface area (Å²) in [5.74, 6) is 0.301. The number of carbonyl (C=O) groups is 1. The number of nitrogens with one attached hydrogen (secondary N) is 1. The Balaban J connectivity index is 2.18. The van der Waals surface area contributed by atoms with Crippen molar-refractivity contribution in [2.24, 2.45) is 5.92 Å². The highest BCUT2D eigenvalue weighted by atomic mass is 16.3. The first-order valence-electron chi connectivity index (χ1n) is 7.90. The Morgan fingerprint density at radius 1 is 1.48 bits per heavy atom. The fourth-order valence-electron chi connectivity index (χ4n) is 2.82. The number of anilines is 1. The highest BCUT2D eigenvalue weighted by Crippen LogP contribution is 2.23. The molecule has 1 amide bonds. The first-order chi connectivity index (χ1) is 10.2. The highest BCUT2D eigenvalue weighted by molar-refractivity contribution is 5.99. The Labute approximate surface area is 127 Å². The Kier molecular flexibility index (Phi) is 5.62. The molecule has 0 aliphatic carbocycles. The predicted octanol–water partition coefficient (Wildman–Crippen LogP) is 2.66. The number of likely N-dealkylation sites (tertiary alicyclic amines) is 1. The minimum Gasteiger partial charge on any atom is -0.396 e. The molecule has 2 N–H and O–H groups in total. The van der Waals surface area contributed by atoms with Crippen LogP contribution in [0.1, 0.15) is 42.1 Å². The summed E-state index contributed by atoms with van der Waals surface area (Å²) >= 11 is 0. The monoisotopic (exact) mass is 290 g/mol. The van der Waals surface area contributed by atoms with Gasteiger partial charge in [-0.3, -0.25) is 4.79 Å². The van der Waals surface area contributed by atoms with Gasteiger partial charge in [0.25, 0.3) is 5.91 Å². The topological polar surface area (TPSA) is 52.6 Å². The summed E-state index contributed by atoms with van der Waals surface area (Å²) in [6.07, 6.45) is 3.01. The fourth-order valence-corrected chi connectivity index (χ4v) is 2.82. The van der Waals surface area contributed by atoms with Crippen LogP contribution in [-0.4, -0.2) is 42.2 Å². The number of piperidine rings is 1. The Bertz CT molecular complexity index is 488. The second-order valence-corrected chi connectivity index (χ2v) is 5.92. The van der Waals surface area contributed by atoms with E-state index >= 15 is 0 Å².